The minimum absolute atomic E-state index is 0.269. The zero-order valence-corrected chi connectivity index (χ0v) is 14.0. The van der Waals surface area contributed by atoms with Gasteiger partial charge < -0.3 is 4.90 Å². The molecule has 1 fully saturated rings. The Labute approximate surface area is 147 Å². The fourth-order valence-electron chi connectivity index (χ4n) is 3.27. The average molecular weight is 360 g/mol. The smallest absolute Gasteiger partial charge is 0.282 e. The van der Waals surface area contributed by atoms with Crippen LogP contribution in [0.5, 0.6) is 0 Å². The summed E-state index contributed by atoms with van der Waals surface area (Å²) in [6.45, 7) is 1.34. The lowest BCUT2D eigenvalue weighted by atomic mass is 10.2. The summed E-state index contributed by atoms with van der Waals surface area (Å²) in [5.74, 6) is -2.72. The van der Waals surface area contributed by atoms with E-state index in [2.05, 4.69) is 0 Å². The van der Waals surface area contributed by atoms with Gasteiger partial charge in [0.1, 0.15) is 17.3 Å². The van der Waals surface area contributed by atoms with E-state index >= 15 is 0 Å². The Balaban J connectivity index is 1.85. The summed E-state index contributed by atoms with van der Waals surface area (Å²) in [6, 6.07) is 6.30. The molecule has 0 spiro atoms. The molecule has 1 aromatic carbocycles. The highest BCUT2D eigenvalue weighted by Crippen LogP contribution is 2.38. The number of nitrogens with zero attached hydrogens (tertiary/aromatic N) is 2. The van der Waals surface area contributed by atoms with Crippen LogP contribution in [0.15, 0.2) is 41.4 Å². The summed E-state index contributed by atoms with van der Waals surface area (Å²) in [5, 5.41) is 1.81. The van der Waals surface area contributed by atoms with Crippen molar-refractivity contribution < 1.29 is 18.4 Å². The van der Waals surface area contributed by atoms with Crippen LogP contribution in [-0.4, -0.2) is 29.8 Å². The number of thiophene rings is 1. The molecule has 0 N–H and O–H groups in total. The van der Waals surface area contributed by atoms with Crippen molar-refractivity contribution in [1.29, 1.82) is 0 Å². The van der Waals surface area contributed by atoms with Crippen LogP contribution in [0.25, 0.3) is 5.57 Å². The van der Waals surface area contributed by atoms with Gasteiger partial charge in [-0.15, -0.1) is 11.3 Å². The molecule has 1 saturated heterocycles. The van der Waals surface area contributed by atoms with Gasteiger partial charge in [0.25, 0.3) is 11.8 Å². The van der Waals surface area contributed by atoms with Gasteiger partial charge in [-0.2, -0.15) is 0 Å². The molecule has 0 saturated carbocycles. The van der Waals surface area contributed by atoms with Crippen molar-refractivity contribution in [2.24, 2.45) is 0 Å². The third-order valence-electron chi connectivity index (χ3n) is 4.40. The Morgan fingerprint density at radius 2 is 1.76 bits per heavy atom. The average Bonchev–Trinajstić information content (AvgIpc) is 3.31. The van der Waals surface area contributed by atoms with Crippen LogP contribution in [0.3, 0.4) is 0 Å². The summed E-state index contributed by atoms with van der Waals surface area (Å²) in [6.07, 6.45) is 1.86. The number of amides is 2. The number of likely N-dealkylation sites (tertiary alicyclic amines) is 1. The first-order chi connectivity index (χ1) is 12.1. The fourth-order valence-corrected chi connectivity index (χ4v) is 4.03. The third kappa shape index (κ3) is 2.55. The maximum Gasteiger partial charge on any atom is 0.282 e. The van der Waals surface area contributed by atoms with Crippen molar-refractivity contribution >= 4 is 34.4 Å². The van der Waals surface area contributed by atoms with Gasteiger partial charge in [-0.1, -0.05) is 6.07 Å². The Hall–Kier alpha value is -2.54. The maximum absolute atomic E-state index is 14.2. The zero-order valence-electron chi connectivity index (χ0n) is 13.2. The molecular weight excluding hydrogens is 346 g/mol. The number of carbonyl (C=O) groups is 2. The van der Waals surface area contributed by atoms with Gasteiger partial charge in [0.05, 0.1) is 11.3 Å². The van der Waals surface area contributed by atoms with E-state index in [-0.39, 0.29) is 17.0 Å². The number of carbonyl (C=O) groups excluding carboxylic acids is 2. The van der Waals surface area contributed by atoms with Crippen LogP contribution in [-0.2, 0) is 9.59 Å². The number of hydrogen-bond acceptors (Lipinski definition) is 4. The predicted octanol–water partition coefficient (Wildman–Crippen LogP) is 3.41. The molecule has 2 aliphatic rings. The number of halogens is 2. The molecule has 7 heteroatoms. The number of hydrogen-bond donors (Lipinski definition) is 0. The van der Waals surface area contributed by atoms with Gasteiger partial charge in [-0.05, 0) is 36.4 Å². The molecule has 0 unspecified atom stereocenters. The molecule has 2 aliphatic heterocycles. The third-order valence-corrected chi connectivity index (χ3v) is 5.29. The molecule has 3 heterocycles. The van der Waals surface area contributed by atoms with Gasteiger partial charge >= 0.3 is 0 Å². The molecule has 25 heavy (non-hydrogen) atoms. The number of anilines is 1. The van der Waals surface area contributed by atoms with Crippen molar-refractivity contribution in [2.45, 2.75) is 12.8 Å². The minimum Gasteiger partial charge on any atom is -0.366 e. The molecule has 2 aromatic rings. The van der Waals surface area contributed by atoms with Crippen LogP contribution in [0.2, 0.25) is 0 Å². The highest BCUT2D eigenvalue weighted by atomic mass is 32.1. The van der Waals surface area contributed by atoms with Gasteiger partial charge in [-0.25, -0.2) is 13.7 Å². The SMILES string of the molecule is O=C1C(c2cccs2)=C(N2CCCC2)C(=O)N1c1cc(F)ccc1F. The molecule has 4 nitrogen and oxygen atoms in total. The Kier molecular flexibility index (Phi) is 3.88. The first-order valence-electron chi connectivity index (χ1n) is 7.95. The van der Waals surface area contributed by atoms with E-state index in [1.54, 1.807) is 12.1 Å². The van der Waals surface area contributed by atoms with Crippen LogP contribution in [0.1, 0.15) is 17.7 Å². The second-order valence-corrected chi connectivity index (χ2v) is 6.88. The lowest BCUT2D eigenvalue weighted by Gasteiger charge is -2.20. The molecule has 0 bridgehead atoms. The quantitative estimate of drug-likeness (QED) is 0.788. The summed E-state index contributed by atoms with van der Waals surface area (Å²) < 4.78 is 27.8. The largest absolute Gasteiger partial charge is 0.366 e. The van der Waals surface area contributed by atoms with E-state index in [1.165, 1.54) is 11.3 Å². The summed E-state index contributed by atoms with van der Waals surface area (Å²) in [5.41, 5.74) is 0.206. The fraction of sp³-hybridized carbons (Fsp3) is 0.222. The summed E-state index contributed by atoms with van der Waals surface area (Å²) in [4.78, 5) is 29.2. The summed E-state index contributed by atoms with van der Waals surface area (Å²) >= 11 is 1.34. The molecular formula is C18H14F2N2O2S. The molecule has 0 aliphatic carbocycles. The molecule has 1 aromatic heterocycles. The highest BCUT2D eigenvalue weighted by Gasteiger charge is 2.44. The van der Waals surface area contributed by atoms with Crippen LogP contribution in [0, 0.1) is 11.6 Å². The van der Waals surface area contributed by atoms with E-state index in [1.807, 2.05) is 10.3 Å². The first-order valence-corrected chi connectivity index (χ1v) is 8.83. The Morgan fingerprint density at radius 1 is 1.00 bits per heavy atom. The minimum atomic E-state index is -0.809. The Morgan fingerprint density at radius 3 is 2.44 bits per heavy atom. The first kappa shape index (κ1) is 16.0. The molecule has 4 rings (SSSR count). The van der Waals surface area contributed by atoms with Crippen molar-refractivity contribution in [2.75, 3.05) is 18.0 Å². The van der Waals surface area contributed by atoms with Gasteiger partial charge in [0.15, 0.2) is 0 Å². The van der Waals surface area contributed by atoms with Crippen molar-refractivity contribution in [3.8, 4) is 0 Å². The van der Waals surface area contributed by atoms with Crippen molar-refractivity contribution in [3.63, 3.8) is 0 Å². The highest BCUT2D eigenvalue weighted by molar-refractivity contribution is 7.11. The summed E-state index contributed by atoms with van der Waals surface area (Å²) in [7, 11) is 0. The Bertz CT molecular complexity index is 886. The lowest BCUT2D eigenvalue weighted by Crippen LogP contribution is -2.35. The zero-order chi connectivity index (χ0) is 17.6. The molecule has 2 amide bonds. The van der Waals surface area contributed by atoms with E-state index in [9.17, 15) is 18.4 Å². The van der Waals surface area contributed by atoms with Crippen LogP contribution >= 0.6 is 11.3 Å². The maximum atomic E-state index is 14.2. The standard InChI is InChI=1S/C18H14F2N2O2S/c19-11-5-6-12(20)13(10-11)22-17(23)15(14-4-3-9-25-14)16(18(22)24)21-7-1-2-8-21/h3-6,9-10H,1-2,7-8H2. The monoisotopic (exact) mass is 360 g/mol. The second kappa shape index (κ2) is 6.07. The molecule has 128 valence electrons. The topological polar surface area (TPSA) is 40.6 Å². The number of imide groups is 1. The van der Waals surface area contributed by atoms with Gasteiger partial charge in [0, 0.05) is 24.0 Å². The van der Waals surface area contributed by atoms with E-state index in [4.69, 9.17) is 0 Å². The van der Waals surface area contributed by atoms with Crippen molar-refractivity contribution in [1.82, 2.24) is 4.90 Å². The van der Waals surface area contributed by atoms with E-state index < -0.39 is 23.4 Å². The predicted molar refractivity (Wildman–Crippen MR) is 90.9 cm³/mol. The van der Waals surface area contributed by atoms with Gasteiger partial charge in [-0.3, -0.25) is 9.59 Å². The number of benzene rings is 1. The van der Waals surface area contributed by atoms with Crippen LogP contribution in [0.4, 0.5) is 14.5 Å². The van der Waals surface area contributed by atoms with Gasteiger partial charge in [0.2, 0.25) is 0 Å². The second-order valence-electron chi connectivity index (χ2n) is 5.94. The van der Waals surface area contributed by atoms with Crippen molar-refractivity contribution in [3.05, 3.63) is 57.9 Å². The molecule has 0 radical (unpaired) electrons. The normalized spacial score (nSPS) is 18.0. The molecule has 0 atom stereocenters. The van der Waals surface area contributed by atoms with Crippen LogP contribution < -0.4 is 4.90 Å². The number of rotatable bonds is 3. The van der Waals surface area contributed by atoms with E-state index in [0.717, 1.165) is 35.9 Å². The van der Waals surface area contributed by atoms with E-state index in [0.29, 0.717) is 18.0 Å². The lowest BCUT2D eigenvalue weighted by molar-refractivity contribution is -0.120.